The molecule has 1 saturated heterocycles. The van der Waals surface area contributed by atoms with Crippen molar-refractivity contribution in [1.29, 1.82) is 0 Å². The second-order valence-electron chi connectivity index (χ2n) is 7.44. The Morgan fingerprint density at radius 2 is 1.63 bits per heavy atom. The number of sulfonamides is 1. The highest BCUT2D eigenvalue weighted by Crippen LogP contribution is 2.33. The quantitative estimate of drug-likeness (QED) is 0.634. The van der Waals surface area contributed by atoms with E-state index in [0.717, 1.165) is 24.8 Å². The van der Waals surface area contributed by atoms with E-state index in [1.54, 1.807) is 16.4 Å². The van der Waals surface area contributed by atoms with Gasteiger partial charge in [0.2, 0.25) is 10.0 Å². The summed E-state index contributed by atoms with van der Waals surface area (Å²) in [7, 11) is -3.46. The molecule has 0 saturated carbocycles. The number of fused-ring (bicyclic) bond motifs is 1. The first kappa shape index (κ1) is 18.2. The monoisotopic (exact) mass is 379 g/mol. The Morgan fingerprint density at radius 1 is 0.889 bits per heavy atom. The molecule has 1 atom stereocenters. The minimum Gasteiger partial charge on any atom is -0.207 e. The normalized spacial score (nSPS) is 19.1. The van der Waals surface area contributed by atoms with Crippen molar-refractivity contribution < 1.29 is 8.42 Å². The van der Waals surface area contributed by atoms with Gasteiger partial charge in [-0.25, -0.2) is 8.42 Å². The van der Waals surface area contributed by atoms with Crippen LogP contribution in [-0.4, -0.2) is 25.8 Å². The van der Waals surface area contributed by atoms with Crippen LogP contribution in [0.2, 0.25) is 0 Å². The fourth-order valence-corrected chi connectivity index (χ4v) is 5.57. The molecule has 27 heavy (non-hydrogen) atoms. The van der Waals surface area contributed by atoms with Gasteiger partial charge >= 0.3 is 0 Å². The molecule has 140 valence electrons. The van der Waals surface area contributed by atoms with Gasteiger partial charge in [-0.15, -0.1) is 0 Å². The summed E-state index contributed by atoms with van der Waals surface area (Å²) in [5.41, 5.74) is 2.33. The van der Waals surface area contributed by atoms with E-state index in [2.05, 4.69) is 36.4 Å². The zero-order chi connectivity index (χ0) is 18.9. The Kier molecular flexibility index (Phi) is 5.02. The number of aryl methyl sites for hydroxylation is 1. The number of hydrogen-bond acceptors (Lipinski definition) is 2. The highest BCUT2D eigenvalue weighted by molar-refractivity contribution is 7.89. The zero-order valence-electron chi connectivity index (χ0n) is 15.6. The van der Waals surface area contributed by atoms with Crippen molar-refractivity contribution in [1.82, 2.24) is 4.31 Å². The lowest BCUT2D eigenvalue weighted by Crippen LogP contribution is -2.34. The molecule has 0 spiro atoms. The Bertz CT molecular complexity index is 1040. The molecule has 0 N–H and O–H groups in total. The Morgan fingerprint density at radius 3 is 2.44 bits per heavy atom. The third-order valence-corrected chi connectivity index (χ3v) is 7.44. The van der Waals surface area contributed by atoms with E-state index < -0.39 is 10.0 Å². The number of hydrogen-bond donors (Lipinski definition) is 0. The van der Waals surface area contributed by atoms with Crippen molar-refractivity contribution in [2.75, 3.05) is 13.1 Å². The molecule has 1 fully saturated rings. The minimum atomic E-state index is -3.46. The van der Waals surface area contributed by atoms with Crippen molar-refractivity contribution in [3.63, 3.8) is 0 Å². The smallest absolute Gasteiger partial charge is 0.207 e. The van der Waals surface area contributed by atoms with Gasteiger partial charge in [-0.05, 0) is 54.2 Å². The van der Waals surface area contributed by atoms with Gasteiger partial charge in [-0.3, -0.25) is 0 Å². The molecule has 3 aromatic carbocycles. The van der Waals surface area contributed by atoms with Crippen LogP contribution in [0.4, 0.5) is 0 Å². The first-order valence-corrected chi connectivity index (χ1v) is 11.0. The van der Waals surface area contributed by atoms with Crippen LogP contribution in [0.5, 0.6) is 0 Å². The summed E-state index contributed by atoms with van der Waals surface area (Å²) in [6.45, 7) is 3.11. The van der Waals surface area contributed by atoms with Crippen LogP contribution < -0.4 is 0 Å². The van der Waals surface area contributed by atoms with E-state index in [1.165, 1.54) is 16.3 Å². The molecule has 1 aliphatic rings. The molecular weight excluding hydrogens is 354 g/mol. The number of rotatable bonds is 3. The van der Waals surface area contributed by atoms with E-state index in [0.29, 0.717) is 18.0 Å². The summed E-state index contributed by atoms with van der Waals surface area (Å²) in [4.78, 5) is 0.395. The predicted octanol–water partition coefficient (Wildman–Crippen LogP) is 5.11. The Labute approximate surface area is 161 Å². The minimum absolute atomic E-state index is 0.221. The largest absolute Gasteiger partial charge is 0.243 e. The van der Waals surface area contributed by atoms with Crippen LogP contribution in [-0.2, 0) is 10.0 Å². The summed E-state index contributed by atoms with van der Waals surface area (Å²) in [5.74, 6) is 0.221. The molecular formula is C23H25NO2S. The van der Waals surface area contributed by atoms with Crippen molar-refractivity contribution in [3.8, 4) is 0 Å². The van der Waals surface area contributed by atoms with E-state index in [1.807, 2.05) is 25.1 Å². The maximum atomic E-state index is 13.2. The van der Waals surface area contributed by atoms with Crippen molar-refractivity contribution >= 4 is 20.8 Å². The highest BCUT2D eigenvalue weighted by atomic mass is 32.2. The summed E-state index contributed by atoms with van der Waals surface area (Å²) in [5, 5.41) is 2.45. The van der Waals surface area contributed by atoms with Gasteiger partial charge in [-0.2, -0.15) is 4.31 Å². The number of nitrogens with zero attached hydrogens (tertiary/aromatic N) is 1. The van der Waals surface area contributed by atoms with Crippen LogP contribution in [0, 0.1) is 6.92 Å². The van der Waals surface area contributed by atoms with Crippen molar-refractivity contribution in [2.24, 2.45) is 0 Å². The molecule has 0 amide bonds. The van der Waals surface area contributed by atoms with Gasteiger partial charge in [0.25, 0.3) is 0 Å². The van der Waals surface area contributed by atoms with Crippen LogP contribution in [0.3, 0.4) is 0 Å². The van der Waals surface area contributed by atoms with Gasteiger partial charge in [-0.1, -0.05) is 66.6 Å². The maximum Gasteiger partial charge on any atom is 0.243 e. The van der Waals surface area contributed by atoms with Crippen LogP contribution >= 0.6 is 0 Å². The first-order chi connectivity index (χ1) is 13.1. The van der Waals surface area contributed by atoms with E-state index in [4.69, 9.17) is 0 Å². The summed E-state index contributed by atoms with van der Waals surface area (Å²) in [6, 6.07) is 21.9. The van der Waals surface area contributed by atoms with Gasteiger partial charge in [0.05, 0.1) is 4.90 Å². The third-order valence-electron chi connectivity index (χ3n) is 5.56. The average Bonchev–Trinajstić information content (AvgIpc) is 2.95. The molecule has 4 rings (SSSR count). The molecule has 3 aromatic rings. The molecule has 3 nitrogen and oxygen atoms in total. The number of benzene rings is 3. The summed E-state index contributed by atoms with van der Waals surface area (Å²) < 4.78 is 28.1. The Hall–Kier alpha value is -2.17. The standard InChI is InChI=1S/C23H25NO2S/c1-18-12-14-21(15-13-18)27(25,26)24-16-5-4-8-20(17-24)23-11-6-9-19-7-2-3-10-22(19)23/h2-3,6-7,9-15,20H,4-5,8,16-17H2,1H3. The molecule has 1 heterocycles. The summed E-state index contributed by atoms with van der Waals surface area (Å²) >= 11 is 0. The molecule has 4 heteroatoms. The lowest BCUT2D eigenvalue weighted by Gasteiger charge is -2.25. The van der Waals surface area contributed by atoms with Gasteiger partial charge < -0.3 is 0 Å². The molecule has 0 radical (unpaired) electrons. The lowest BCUT2D eigenvalue weighted by molar-refractivity contribution is 0.407. The zero-order valence-corrected chi connectivity index (χ0v) is 16.5. The van der Waals surface area contributed by atoms with Crippen LogP contribution in [0.15, 0.2) is 71.6 Å². The first-order valence-electron chi connectivity index (χ1n) is 9.60. The van der Waals surface area contributed by atoms with Gasteiger partial charge in [0.15, 0.2) is 0 Å². The van der Waals surface area contributed by atoms with E-state index >= 15 is 0 Å². The third kappa shape index (κ3) is 3.64. The SMILES string of the molecule is Cc1ccc(S(=O)(=O)N2CCCCC(c3cccc4ccccc34)C2)cc1. The lowest BCUT2D eigenvalue weighted by atomic mass is 9.90. The topological polar surface area (TPSA) is 37.4 Å². The predicted molar refractivity (Wildman–Crippen MR) is 110 cm³/mol. The Balaban J connectivity index is 1.69. The van der Waals surface area contributed by atoms with Gasteiger partial charge in [0, 0.05) is 13.1 Å². The summed E-state index contributed by atoms with van der Waals surface area (Å²) in [6.07, 6.45) is 2.98. The second-order valence-corrected chi connectivity index (χ2v) is 9.38. The van der Waals surface area contributed by atoms with Crippen molar-refractivity contribution in [2.45, 2.75) is 37.0 Å². The van der Waals surface area contributed by atoms with Crippen molar-refractivity contribution in [3.05, 3.63) is 77.9 Å². The average molecular weight is 380 g/mol. The fourth-order valence-electron chi connectivity index (χ4n) is 4.05. The molecule has 0 aliphatic carbocycles. The second kappa shape index (κ2) is 7.45. The maximum absolute atomic E-state index is 13.2. The molecule has 0 bridgehead atoms. The van der Waals surface area contributed by atoms with E-state index in [-0.39, 0.29) is 5.92 Å². The van der Waals surface area contributed by atoms with Crippen LogP contribution in [0.25, 0.3) is 10.8 Å². The van der Waals surface area contributed by atoms with E-state index in [9.17, 15) is 8.42 Å². The van der Waals surface area contributed by atoms with Gasteiger partial charge in [0.1, 0.15) is 0 Å². The van der Waals surface area contributed by atoms with Crippen LogP contribution in [0.1, 0.15) is 36.3 Å². The molecule has 0 aromatic heterocycles. The highest BCUT2D eigenvalue weighted by Gasteiger charge is 2.30. The fraction of sp³-hybridized carbons (Fsp3) is 0.304. The molecule has 1 unspecified atom stereocenters. The molecule has 1 aliphatic heterocycles.